The third kappa shape index (κ3) is 4.00. The summed E-state index contributed by atoms with van der Waals surface area (Å²) in [7, 11) is 0. The largest absolute Gasteiger partial charge is 0.416 e. The first-order valence-electron chi connectivity index (χ1n) is 10.4. The van der Waals surface area contributed by atoms with Gasteiger partial charge in [0, 0.05) is 29.2 Å². The van der Waals surface area contributed by atoms with Crippen LogP contribution in [0.2, 0.25) is 0 Å². The fraction of sp³-hybridized carbons (Fsp3) is 0.160. The van der Waals surface area contributed by atoms with Crippen LogP contribution in [0.5, 0.6) is 0 Å². The van der Waals surface area contributed by atoms with Gasteiger partial charge >= 0.3 is 6.18 Å². The fourth-order valence-corrected chi connectivity index (χ4v) is 4.01. The van der Waals surface area contributed by atoms with Crippen molar-refractivity contribution >= 4 is 11.6 Å². The molecular weight excluding hydrogens is 429 g/mol. The average Bonchev–Trinajstić information content (AvgIpc) is 3.49. The Bertz CT molecular complexity index is 1290. The first-order valence-corrected chi connectivity index (χ1v) is 10.4. The van der Waals surface area contributed by atoms with Crippen LogP contribution >= 0.6 is 0 Å². The lowest BCUT2D eigenvalue weighted by molar-refractivity contribution is -0.137. The fourth-order valence-electron chi connectivity index (χ4n) is 4.01. The van der Waals surface area contributed by atoms with Crippen LogP contribution < -0.4 is 5.32 Å². The quantitative estimate of drug-likeness (QED) is 0.404. The number of carbonyl (C=O) groups excluding carboxylic acids is 1. The molecule has 0 aliphatic heterocycles. The maximum atomic E-state index is 13.1. The summed E-state index contributed by atoms with van der Waals surface area (Å²) in [5.74, 6) is -0.224. The standard InChI is InChI=1S/C25H19F3N4O/c26-25(27,28)19-6-4-18(5-7-19)24(10-11-24)23(33)31-20-3-1-2-17(14-20)22-21(15-30-32-22)16-8-12-29-13-9-16/h1-9,12-15H,10-11H2,(H,30,32)(H,31,33). The van der Waals surface area contributed by atoms with Gasteiger partial charge in [-0.05, 0) is 60.4 Å². The van der Waals surface area contributed by atoms with Crippen molar-refractivity contribution in [3.05, 3.63) is 90.4 Å². The first-order chi connectivity index (χ1) is 15.9. The van der Waals surface area contributed by atoms with Gasteiger partial charge in [0.25, 0.3) is 0 Å². The van der Waals surface area contributed by atoms with Gasteiger partial charge in [-0.25, -0.2) is 0 Å². The molecular formula is C25H19F3N4O. The van der Waals surface area contributed by atoms with Gasteiger partial charge in [-0.15, -0.1) is 0 Å². The summed E-state index contributed by atoms with van der Waals surface area (Å²) >= 11 is 0. The van der Waals surface area contributed by atoms with Crippen LogP contribution in [0.4, 0.5) is 18.9 Å². The third-order valence-electron chi connectivity index (χ3n) is 5.99. The number of H-pyrrole nitrogens is 1. The first kappa shape index (κ1) is 20.9. The van der Waals surface area contributed by atoms with E-state index in [1.807, 2.05) is 30.3 Å². The van der Waals surface area contributed by atoms with Crippen LogP contribution in [0, 0.1) is 0 Å². The number of nitrogens with zero attached hydrogens (tertiary/aromatic N) is 2. The number of halogens is 3. The zero-order chi connectivity index (χ0) is 23.1. The summed E-state index contributed by atoms with van der Waals surface area (Å²) in [6.45, 7) is 0. The summed E-state index contributed by atoms with van der Waals surface area (Å²) in [4.78, 5) is 17.1. The van der Waals surface area contributed by atoms with Gasteiger partial charge in [0.1, 0.15) is 0 Å². The molecule has 0 radical (unpaired) electrons. The van der Waals surface area contributed by atoms with Gasteiger partial charge in [-0.3, -0.25) is 14.9 Å². The van der Waals surface area contributed by atoms with E-state index in [0.717, 1.165) is 34.5 Å². The number of carbonyl (C=O) groups is 1. The molecule has 1 amide bonds. The zero-order valence-electron chi connectivity index (χ0n) is 17.4. The number of benzene rings is 2. The Morgan fingerprint density at radius 2 is 1.70 bits per heavy atom. The molecule has 5 rings (SSSR count). The lowest BCUT2D eigenvalue weighted by Crippen LogP contribution is -2.27. The van der Waals surface area contributed by atoms with Gasteiger partial charge in [0.05, 0.1) is 22.9 Å². The van der Waals surface area contributed by atoms with Gasteiger partial charge in [-0.1, -0.05) is 24.3 Å². The number of aromatic amines is 1. The van der Waals surface area contributed by atoms with Gasteiger partial charge < -0.3 is 5.32 Å². The van der Waals surface area contributed by atoms with Crippen LogP contribution in [0.1, 0.15) is 24.0 Å². The highest BCUT2D eigenvalue weighted by atomic mass is 19.4. The van der Waals surface area contributed by atoms with E-state index in [1.54, 1.807) is 24.7 Å². The molecule has 2 aromatic carbocycles. The molecule has 5 nitrogen and oxygen atoms in total. The predicted molar refractivity (Wildman–Crippen MR) is 118 cm³/mol. The number of alkyl halides is 3. The second-order valence-electron chi connectivity index (χ2n) is 8.09. The molecule has 2 N–H and O–H groups in total. The molecule has 2 heterocycles. The molecule has 1 aliphatic carbocycles. The van der Waals surface area contributed by atoms with E-state index in [0.29, 0.717) is 24.1 Å². The minimum absolute atomic E-state index is 0.224. The van der Waals surface area contributed by atoms with Crippen molar-refractivity contribution < 1.29 is 18.0 Å². The summed E-state index contributed by atoms with van der Waals surface area (Å²) < 4.78 is 38.6. The molecule has 0 spiro atoms. The highest BCUT2D eigenvalue weighted by Gasteiger charge is 2.51. The van der Waals surface area contributed by atoms with Gasteiger partial charge in [0.2, 0.25) is 5.91 Å². The second-order valence-corrected chi connectivity index (χ2v) is 8.09. The molecule has 1 saturated carbocycles. The minimum Gasteiger partial charge on any atom is -0.325 e. The smallest absolute Gasteiger partial charge is 0.325 e. The Morgan fingerprint density at radius 3 is 2.36 bits per heavy atom. The lowest BCUT2D eigenvalue weighted by atomic mass is 9.93. The summed E-state index contributed by atoms with van der Waals surface area (Å²) in [5.41, 5.74) is 3.20. The molecule has 2 aromatic heterocycles. The second kappa shape index (κ2) is 7.88. The molecule has 1 fully saturated rings. The molecule has 8 heteroatoms. The van der Waals surface area contributed by atoms with E-state index in [2.05, 4.69) is 20.5 Å². The maximum absolute atomic E-state index is 13.1. The Balaban J connectivity index is 1.38. The van der Waals surface area contributed by atoms with Crippen molar-refractivity contribution in [2.75, 3.05) is 5.32 Å². The lowest BCUT2D eigenvalue weighted by Gasteiger charge is -2.17. The Hall–Kier alpha value is -3.94. The number of rotatable bonds is 5. The number of pyridine rings is 1. The van der Waals surface area contributed by atoms with E-state index in [-0.39, 0.29) is 5.91 Å². The highest BCUT2D eigenvalue weighted by Crippen LogP contribution is 2.49. The topological polar surface area (TPSA) is 70.7 Å². The molecule has 0 saturated heterocycles. The highest BCUT2D eigenvalue weighted by molar-refractivity contribution is 6.01. The molecule has 0 bridgehead atoms. The molecule has 0 unspecified atom stereocenters. The van der Waals surface area contributed by atoms with Crippen molar-refractivity contribution in [1.82, 2.24) is 15.2 Å². The van der Waals surface area contributed by atoms with Crippen LogP contribution in [0.3, 0.4) is 0 Å². The van der Waals surface area contributed by atoms with Crippen molar-refractivity contribution in [3.63, 3.8) is 0 Å². The van der Waals surface area contributed by atoms with Crippen molar-refractivity contribution in [3.8, 4) is 22.4 Å². The number of hydrogen-bond acceptors (Lipinski definition) is 3. The average molecular weight is 448 g/mol. The van der Waals surface area contributed by atoms with E-state index in [4.69, 9.17) is 0 Å². The molecule has 4 aromatic rings. The molecule has 33 heavy (non-hydrogen) atoms. The van der Waals surface area contributed by atoms with Crippen LogP contribution in [-0.2, 0) is 16.4 Å². The van der Waals surface area contributed by atoms with Crippen LogP contribution in [0.25, 0.3) is 22.4 Å². The Labute approximate surface area is 187 Å². The number of hydrogen-bond donors (Lipinski definition) is 2. The van der Waals surface area contributed by atoms with E-state index < -0.39 is 17.2 Å². The Morgan fingerprint density at radius 1 is 0.970 bits per heavy atom. The maximum Gasteiger partial charge on any atom is 0.416 e. The van der Waals surface area contributed by atoms with Crippen molar-refractivity contribution in [2.45, 2.75) is 24.4 Å². The van der Waals surface area contributed by atoms with Crippen LogP contribution in [0.15, 0.2) is 79.3 Å². The molecule has 166 valence electrons. The van der Waals surface area contributed by atoms with E-state index in [1.165, 1.54) is 12.1 Å². The molecule has 1 aliphatic rings. The van der Waals surface area contributed by atoms with Crippen molar-refractivity contribution in [2.24, 2.45) is 0 Å². The molecule has 0 atom stereocenters. The summed E-state index contributed by atoms with van der Waals surface area (Å²) in [5, 5.41) is 10.1. The van der Waals surface area contributed by atoms with Crippen LogP contribution in [-0.4, -0.2) is 21.1 Å². The predicted octanol–water partition coefficient (Wildman–Crippen LogP) is 5.83. The number of nitrogens with one attached hydrogen (secondary N) is 2. The van der Waals surface area contributed by atoms with E-state index in [9.17, 15) is 18.0 Å². The zero-order valence-corrected chi connectivity index (χ0v) is 17.4. The monoisotopic (exact) mass is 448 g/mol. The normalized spacial score (nSPS) is 14.6. The Kier molecular flexibility index (Phi) is 5.00. The summed E-state index contributed by atoms with van der Waals surface area (Å²) in [6, 6.07) is 16.0. The van der Waals surface area contributed by atoms with Crippen molar-refractivity contribution in [1.29, 1.82) is 0 Å². The third-order valence-corrected chi connectivity index (χ3v) is 5.99. The number of amides is 1. The number of anilines is 1. The number of aromatic nitrogens is 3. The van der Waals surface area contributed by atoms with Gasteiger partial charge in [-0.2, -0.15) is 18.3 Å². The van der Waals surface area contributed by atoms with E-state index >= 15 is 0 Å². The van der Waals surface area contributed by atoms with Gasteiger partial charge in [0.15, 0.2) is 0 Å². The summed E-state index contributed by atoms with van der Waals surface area (Å²) in [6.07, 6.45) is 1.94. The minimum atomic E-state index is -4.40. The SMILES string of the molecule is O=C(Nc1cccc(-c2[nH]ncc2-c2ccncc2)c1)C1(c2ccc(C(F)(F)F)cc2)CC1.